The number of benzene rings is 1. The number of amides is 2. The highest BCUT2D eigenvalue weighted by Crippen LogP contribution is 2.32. The Morgan fingerprint density at radius 1 is 1.17 bits per heavy atom. The molecular weight excluding hydrogens is 325 g/mol. The first-order valence-electron chi connectivity index (χ1n) is 7.65. The minimum atomic E-state index is -4.48. The number of nitrogens with one attached hydrogen (secondary N) is 2. The number of hydrogen-bond donors (Lipinski definition) is 3. The number of anilines is 1. The van der Waals surface area contributed by atoms with E-state index in [-0.39, 0.29) is 11.7 Å². The molecule has 3 N–H and O–H groups in total. The Morgan fingerprint density at radius 2 is 1.79 bits per heavy atom. The van der Waals surface area contributed by atoms with Gasteiger partial charge < -0.3 is 15.7 Å². The van der Waals surface area contributed by atoms with Crippen LogP contribution in [0.2, 0.25) is 0 Å². The summed E-state index contributed by atoms with van der Waals surface area (Å²) in [7, 11) is 0. The van der Waals surface area contributed by atoms with E-state index in [0.29, 0.717) is 31.2 Å². The fourth-order valence-corrected chi connectivity index (χ4v) is 2.76. The van der Waals surface area contributed by atoms with Crippen molar-refractivity contribution in [2.45, 2.75) is 44.8 Å². The van der Waals surface area contributed by atoms with Crippen LogP contribution in [-0.2, 0) is 11.0 Å². The molecule has 1 aliphatic rings. The Bertz CT molecular complexity index is 623. The maximum atomic E-state index is 12.7. The van der Waals surface area contributed by atoms with Crippen LogP contribution in [0, 0.1) is 12.8 Å². The lowest BCUT2D eigenvalue weighted by atomic mass is 9.86. The van der Waals surface area contributed by atoms with Gasteiger partial charge in [0.1, 0.15) is 0 Å². The number of carboxylic acids is 1. The van der Waals surface area contributed by atoms with Crippen molar-refractivity contribution in [1.29, 1.82) is 0 Å². The maximum absolute atomic E-state index is 12.7. The van der Waals surface area contributed by atoms with Crippen LogP contribution >= 0.6 is 0 Å². The van der Waals surface area contributed by atoms with Gasteiger partial charge in [-0.05, 0) is 50.3 Å². The molecule has 2 rings (SSSR count). The molecule has 0 spiro atoms. The summed E-state index contributed by atoms with van der Waals surface area (Å²) in [5.41, 5.74) is -0.209. The molecule has 0 radical (unpaired) electrons. The van der Waals surface area contributed by atoms with Crippen molar-refractivity contribution in [3.05, 3.63) is 29.3 Å². The SMILES string of the molecule is Cc1ccc(C(F)(F)F)cc1NC(=O)NC1CCC(C(=O)O)CC1. The molecule has 1 aromatic carbocycles. The van der Waals surface area contributed by atoms with Crippen LogP contribution in [0.5, 0.6) is 0 Å². The van der Waals surface area contributed by atoms with Crippen LogP contribution in [0.4, 0.5) is 23.7 Å². The van der Waals surface area contributed by atoms with Gasteiger partial charge in [-0.1, -0.05) is 6.07 Å². The molecule has 5 nitrogen and oxygen atoms in total. The molecule has 8 heteroatoms. The summed E-state index contributed by atoms with van der Waals surface area (Å²) in [6.07, 6.45) is -2.46. The molecule has 1 saturated carbocycles. The molecule has 1 aromatic rings. The lowest BCUT2D eigenvalue weighted by Crippen LogP contribution is -2.41. The molecule has 1 aliphatic carbocycles. The summed E-state index contributed by atoms with van der Waals surface area (Å²) in [6.45, 7) is 1.60. The van der Waals surface area contributed by atoms with Gasteiger partial charge in [-0.2, -0.15) is 13.2 Å². The first-order chi connectivity index (χ1) is 11.2. The average Bonchev–Trinajstić information content (AvgIpc) is 2.48. The van der Waals surface area contributed by atoms with E-state index < -0.39 is 29.7 Å². The number of carbonyl (C=O) groups excluding carboxylic acids is 1. The van der Waals surface area contributed by atoms with E-state index >= 15 is 0 Å². The summed E-state index contributed by atoms with van der Waals surface area (Å²) < 4.78 is 38.2. The van der Waals surface area contributed by atoms with Crippen LogP contribution in [0.3, 0.4) is 0 Å². The Labute approximate surface area is 137 Å². The molecule has 0 aromatic heterocycles. The van der Waals surface area contributed by atoms with Crippen molar-refractivity contribution in [3.63, 3.8) is 0 Å². The molecule has 0 heterocycles. The number of carboxylic acid groups (broad SMARTS) is 1. The number of halogens is 3. The topological polar surface area (TPSA) is 78.4 Å². The number of urea groups is 1. The molecule has 132 valence electrons. The number of aryl methyl sites for hydroxylation is 1. The van der Waals surface area contributed by atoms with Gasteiger partial charge in [0.2, 0.25) is 0 Å². The van der Waals surface area contributed by atoms with Crippen molar-refractivity contribution < 1.29 is 27.9 Å². The summed E-state index contributed by atoms with van der Waals surface area (Å²) in [5.74, 6) is -1.23. The molecule has 0 aliphatic heterocycles. The van der Waals surface area contributed by atoms with E-state index in [4.69, 9.17) is 5.11 Å². The Morgan fingerprint density at radius 3 is 2.33 bits per heavy atom. The predicted molar refractivity (Wildman–Crippen MR) is 81.7 cm³/mol. The quantitative estimate of drug-likeness (QED) is 0.781. The van der Waals surface area contributed by atoms with Crippen molar-refractivity contribution in [3.8, 4) is 0 Å². The van der Waals surface area contributed by atoms with Gasteiger partial charge in [0.05, 0.1) is 11.5 Å². The van der Waals surface area contributed by atoms with Crippen LogP contribution in [0.1, 0.15) is 36.8 Å². The Balaban J connectivity index is 1.94. The zero-order valence-corrected chi connectivity index (χ0v) is 13.1. The number of rotatable bonds is 3. The van der Waals surface area contributed by atoms with E-state index in [2.05, 4.69) is 10.6 Å². The monoisotopic (exact) mass is 344 g/mol. The van der Waals surface area contributed by atoms with Crippen LogP contribution < -0.4 is 10.6 Å². The normalized spacial score (nSPS) is 21.2. The third-order valence-electron chi connectivity index (χ3n) is 4.22. The van der Waals surface area contributed by atoms with Gasteiger partial charge in [0.25, 0.3) is 0 Å². The van der Waals surface area contributed by atoms with Gasteiger partial charge in [-0.15, -0.1) is 0 Å². The number of aliphatic carboxylic acids is 1. The highest BCUT2D eigenvalue weighted by molar-refractivity contribution is 5.90. The van der Waals surface area contributed by atoms with E-state index in [0.717, 1.165) is 12.1 Å². The van der Waals surface area contributed by atoms with Crippen molar-refractivity contribution in [1.82, 2.24) is 5.32 Å². The zero-order chi connectivity index (χ0) is 17.9. The van der Waals surface area contributed by atoms with Gasteiger partial charge in [0, 0.05) is 11.7 Å². The highest BCUT2D eigenvalue weighted by atomic mass is 19.4. The Kier molecular flexibility index (Phi) is 5.36. The smallest absolute Gasteiger partial charge is 0.416 e. The van der Waals surface area contributed by atoms with Crippen LogP contribution in [-0.4, -0.2) is 23.1 Å². The third kappa shape index (κ3) is 4.62. The van der Waals surface area contributed by atoms with E-state index in [1.54, 1.807) is 6.92 Å². The van der Waals surface area contributed by atoms with Gasteiger partial charge in [-0.3, -0.25) is 4.79 Å². The third-order valence-corrected chi connectivity index (χ3v) is 4.22. The van der Waals surface area contributed by atoms with Crippen LogP contribution in [0.15, 0.2) is 18.2 Å². The minimum absolute atomic E-state index is 0.0987. The van der Waals surface area contributed by atoms with Gasteiger partial charge >= 0.3 is 18.2 Å². The standard InChI is InChI=1S/C16H19F3N2O3/c1-9-2-5-11(16(17,18)19)8-13(9)21-15(24)20-12-6-3-10(4-7-12)14(22)23/h2,5,8,10,12H,3-4,6-7H2,1H3,(H,22,23)(H2,20,21,24). The predicted octanol–water partition coefficient (Wildman–Crippen LogP) is 3.78. The number of alkyl halides is 3. The highest BCUT2D eigenvalue weighted by Gasteiger charge is 2.31. The zero-order valence-electron chi connectivity index (χ0n) is 13.1. The molecule has 2 amide bonds. The summed E-state index contributed by atoms with van der Waals surface area (Å²) in [4.78, 5) is 22.9. The fourth-order valence-electron chi connectivity index (χ4n) is 2.76. The summed E-state index contributed by atoms with van der Waals surface area (Å²) in [6, 6.07) is 2.40. The second-order valence-corrected chi connectivity index (χ2v) is 6.01. The van der Waals surface area contributed by atoms with Gasteiger partial charge in [-0.25, -0.2) is 4.79 Å². The number of carbonyl (C=O) groups is 2. The summed E-state index contributed by atoms with van der Waals surface area (Å²) >= 11 is 0. The lowest BCUT2D eigenvalue weighted by molar-refractivity contribution is -0.143. The summed E-state index contributed by atoms with van der Waals surface area (Å²) in [5, 5.41) is 14.1. The molecule has 24 heavy (non-hydrogen) atoms. The fraction of sp³-hybridized carbons (Fsp3) is 0.500. The second kappa shape index (κ2) is 7.11. The maximum Gasteiger partial charge on any atom is 0.416 e. The van der Waals surface area contributed by atoms with Crippen LogP contribution in [0.25, 0.3) is 0 Å². The largest absolute Gasteiger partial charge is 0.481 e. The molecule has 0 atom stereocenters. The first-order valence-corrected chi connectivity index (χ1v) is 7.65. The molecule has 0 saturated heterocycles. The molecule has 0 unspecified atom stereocenters. The van der Waals surface area contributed by atoms with E-state index in [9.17, 15) is 22.8 Å². The Hall–Kier alpha value is -2.25. The van der Waals surface area contributed by atoms with E-state index in [1.807, 2.05) is 0 Å². The first kappa shape index (κ1) is 18.1. The molecule has 1 fully saturated rings. The van der Waals surface area contributed by atoms with Crippen molar-refractivity contribution >= 4 is 17.7 Å². The average molecular weight is 344 g/mol. The molecular formula is C16H19F3N2O3. The molecule has 0 bridgehead atoms. The lowest BCUT2D eigenvalue weighted by Gasteiger charge is -2.27. The number of hydrogen-bond acceptors (Lipinski definition) is 2. The van der Waals surface area contributed by atoms with Crippen molar-refractivity contribution in [2.24, 2.45) is 5.92 Å². The van der Waals surface area contributed by atoms with Gasteiger partial charge in [0.15, 0.2) is 0 Å². The minimum Gasteiger partial charge on any atom is -0.481 e. The second-order valence-electron chi connectivity index (χ2n) is 6.01. The van der Waals surface area contributed by atoms with E-state index in [1.165, 1.54) is 6.07 Å². The van der Waals surface area contributed by atoms with Crippen molar-refractivity contribution in [2.75, 3.05) is 5.32 Å².